The van der Waals surface area contributed by atoms with Crippen molar-refractivity contribution in [1.82, 2.24) is 14.9 Å². The van der Waals surface area contributed by atoms with E-state index >= 15 is 0 Å². The van der Waals surface area contributed by atoms with E-state index < -0.39 is 39.7 Å². The van der Waals surface area contributed by atoms with Gasteiger partial charge in [-0.3, -0.25) is 14.4 Å². The van der Waals surface area contributed by atoms with Crippen molar-refractivity contribution in [3.05, 3.63) is 59.5 Å². The van der Waals surface area contributed by atoms with E-state index in [1.54, 1.807) is 12.1 Å². The Morgan fingerprint density at radius 1 is 1.15 bits per heavy atom. The molecular formula is C28H33N3O6S2. The molecule has 1 saturated heterocycles. The van der Waals surface area contributed by atoms with Gasteiger partial charge in [0.2, 0.25) is 0 Å². The Bertz CT molecular complexity index is 1430. The third-order valence-electron chi connectivity index (χ3n) is 6.56. The molecule has 2 heterocycles. The third kappa shape index (κ3) is 6.48. The molecule has 0 saturated carbocycles. The highest BCUT2D eigenvalue weighted by Gasteiger charge is 2.43. The minimum absolute atomic E-state index is 0.0467. The number of hydrogen-bond donors (Lipinski definition) is 2. The highest BCUT2D eigenvalue weighted by Crippen LogP contribution is 2.28. The standard InChI is InChI=1S/C28H33N3O6S2/c1-18(2)14-22(30-27(33)26-15-19-8-4-5-12-25(19)38-26)28(34)31(23-11-7-13-29-17-24(23)32)39(35,36)21-10-6-9-20(16-21)37-3/h4-6,8-10,12,15-16,18,22-23,29H,7,11,13-14,17H2,1-3H3,(H,30,33)/t22?,23-/m0/s1. The average molecular weight is 572 g/mol. The molecule has 1 fully saturated rings. The van der Waals surface area contributed by atoms with Gasteiger partial charge in [-0.15, -0.1) is 11.3 Å². The fraction of sp³-hybridized carbons (Fsp3) is 0.393. The van der Waals surface area contributed by atoms with E-state index in [1.807, 2.05) is 38.1 Å². The van der Waals surface area contributed by atoms with Crippen LogP contribution in [0.15, 0.2) is 59.5 Å². The maximum atomic E-state index is 14.2. The number of ketones is 1. The van der Waals surface area contributed by atoms with Crippen LogP contribution in [0, 0.1) is 5.92 Å². The zero-order valence-electron chi connectivity index (χ0n) is 22.2. The Morgan fingerprint density at radius 3 is 2.64 bits per heavy atom. The molecule has 0 bridgehead atoms. The second-order valence-electron chi connectivity index (χ2n) is 9.92. The van der Waals surface area contributed by atoms with Gasteiger partial charge in [0.05, 0.1) is 23.4 Å². The molecule has 11 heteroatoms. The first-order chi connectivity index (χ1) is 18.6. The summed E-state index contributed by atoms with van der Waals surface area (Å²) in [5.74, 6) is -1.45. The summed E-state index contributed by atoms with van der Waals surface area (Å²) in [6, 6.07) is 12.7. The Hall–Kier alpha value is -3.28. The topological polar surface area (TPSA) is 122 Å². The molecule has 1 aliphatic rings. The van der Waals surface area contributed by atoms with Crippen molar-refractivity contribution in [3.8, 4) is 5.75 Å². The lowest BCUT2D eigenvalue weighted by atomic mass is 10.0. The van der Waals surface area contributed by atoms with Crippen LogP contribution in [0.5, 0.6) is 5.75 Å². The summed E-state index contributed by atoms with van der Waals surface area (Å²) in [7, 11) is -3.06. The molecule has 9 nitrogen and oxygen atoms in total. The predicted molar refractivity (Wildman–Crippen MR) is 150 cm³/mol. The smallest absolute Gasteiger partial charge is 0.267 e. The summed E-state index contributed by atoms with van der Waals surface area (Å²) in [4.78, 5) is 40.9. The molecule has 1 aromatic heterocycles. The normalized spacial score (nSPS) is 17.0. The molecule has 1 unspecified atom stereocenters. The highest BCUT2D eigenvalue weighted by molar-refractivity contribution is 7.89. The first-order valence-corrected chi connectivity index (χ1v) is 15.1. The lowest BCUT2D eigenvalue weighted by Gasteiger charge is -2.33. The number of fused-ring (bicyclic) bond motifs is 1. The van der Waals surface area contributed by atoms with E-state index in [9.17, 15) is 22.8 Å². The Labute approximate surface area is 232 Å². The van der Waals surface area contributed by atoms with Gasteiger partial charge in [-0.1, -0.05) is 38.1 Å². The van der Waals surface area contributed by atoms with Gasteiger partial charge in [0.15, 0.2) is 5.78 Å². The quantitative estimate of drug-likeness (QED) is 0.403. The van der Waals surface area contributed by atoms with E-state index in [4.69, 9.17) is 4.74 Å². The minimum atomic E-state index is -4.48. The van der Waals surface area contributed by atoms with Crippen molar-refractivity contribution in [1.29, 1.82) is 0 Å². The zero-order chi connectivity index (χ0) is 28.2. The second kappa shape index (κ2) is 12.3. The largest absolute Gasteiger partial charge is 0.497 e. The predicted octanol–water partition coefficient (Wildman–Crippen LogP) is 3.59. The number of carbonyl (C=O) groups excluding carboxylic acids is 3. The first kappa shape index (κ1) is 28.7. The number of ether oxygens (including phenoxy) is 1. The molecule has 2 aromatic carbocycles. The SMILES string of the molecule is COc1cccc(S(=O)(=O)N(C(=O)C(CC(C)C)NC(=O)c2cc3ccccc3s2)[C@H]2CCCNCC2=O)c1. The van der Waals surface area contributed by atoms with Gasteiger partial charge in [-0.2, -0.15) is 0 Å². The minimum Gasteiger partial charge on any atom is -0.497 e. The van der Waals surface area contributed by atoms with Crippen LogP contribution in [-0.4, -0.2) is 62.6 Å². The van der Waals surface area contributed by atoms with Crippen molar-refractivity contribution in [2.75, 3.05) is 20.2 Å². The van der Waals surface area contributed by atoms with Crippen LogP contribution in [0.25, 0.3) is 10.1 Å². The van der Waals surface area contributed by atoms with Crippen molar-refractivity contribution in [2.45, 2.75) is 50.1 Å². The summed E-state index contributed by atoms with van der Waals surface area (Å²) in [5, 5.41) is 6.67. The monoisotopic (exact) mass is 571 g/mol. The molecule has 0 spiro atoms. The van der Waals surface area contributed by atoms with Gasteiger partial charge in [0, 0.05) is 10.8 Å². The molecule has 0 radical (unpaired) electrons. The number of hydrogen-bond acceptors (Lipinski definition) is 8. The van der Waals surface area contributed by atoms with Crippen LogP contribution < -0.4 is 15.4 Å². The summed E-state index contributed by atoms with van der Waals surface area (Å²) < 4.78 is 34.9. The molecule has 39 heavy (non-hydrogen) atoms. The number of nitrogens with zero attached hydrogens (tertiary/aromatic N) is 1. The van der Waals surface area contributed by atoms with Crippen molar-refractivity contribution < 1.29 is 27.5 Å². The molecule has 1 aliphatic heterocycles. The van der Waals surface area contributed by atoms with Gasteiger partial charge in [-0.25, -0.2) is 12.7 Å². The molecule has 2 N–H and O–H groups in total. The number of nitrogens with one attached hydrogen (secondary N) is 2. The molecular weight excluding hydrogens is 538 g/mol. The molecule has 4 rings (SSSR count). The number of methoxy groups -OCH3 is 1. The molecule has 3 aromatic rings. The fourth-order valence-corrected chi connectivity index (χ4v) is 7.27. The number of benzene rings is 2. The summed E-state index contributed by atoms with van der Waals surface area (Å²) in [5.41, 5.74) is 0. The summed E-state index contributed by atoms with van der Waals surface area (Å²) >= 11 is 1.29. The molecule has 0 aliphatic carbocycles. The van der Waals surface area contributed by atoms with E-state index in [1.165, 1.54) is 36.6 Å². The maximum Gasteiger partial charge on any atom is 0.267 e. The number of Topliss-reactive ketones (excluding diaryl/α,β-unsaturated/α-hetero) is 1. The van der Waals surface area contributed by atoms with E-state index in [2.05, 4.69) is 10.6 Å². The van der Waals surface area contributed by atoms with Crippen molar-refractivity contribution >= 4 is 49.0 Å². The van der Waals surface area contributed by atoms with Crippen LogP contribution in [0.3, 0.4) is 0 Å². The first-order valence-electron chi connectivity index (χ1n) is 12.9. The van der Waals surface area contributed by atoms with Crippen LogP contribution in [-0.2, 0) is 19.6 Å². The van der Waals surface area contributed by atoms with Crippen LogP contribution in [0.4, 0.5) is 0 Å². The lowest BCUT2D eigenvalue weighted by molar-refractivity contribution is -0.135. The van der Waals surface area contributed by atoms with Gasteiger partial charge < -0.3 is 15.4 Å². The Kier molecular flexibility index (Phi) is 9.04. The van der Waals surface area contributed by atoms with Gasteiger partial charge in [0.1, 0.15) is 17.8 Å². The second-order valence-corrected chi connectivity index (χ2v) is 12.8. The number of sulfonamides is 1. The van der Waals surface area contributed by atoms with E-state index in [-0.39, 0.29) is 30.2 Å². The van der Waals surface area contributed by atoms with Gasteiger partial charge in [-0.05, 0) is 61.4 Å². The third-order valence-corrected chi connectivity index (χ3v) is 9.48. The molecule has 208 valence electrons. The van der Waals surface area contributed by atoms with Crippen LogP contribution >= 0.6 is 11.3 Å². The zero-order valence-corrected chi connectivity index (χ0v) is 23.8. The average Bonchev–Trinajstić information content (AvgIpc) is 3.25. The van der Waals surface area contributed by atoms with E-state index in [0.717, 1.165) is 10.1 Å². The van der Waals surface area contributed by atoms with Crippen LogP contribution in [0.2, 0.25) is 0 Å². The summed E-state index contributed by atoms with van der Waals surface area (Å²) in [6.07, 6.45) is 0.884. The number of carbonyl (C=O) groups is 3. The number of rotatable bonds is 9. The van der Waals surface area contributed by atoms with E-state index in [0.29, 0.717) is 27.9 Å². The van der Waals surface area contributed by atoms with Crippen LogP contribution in [0.1, 0.15) is 42.8 Å². The van der Waals surface area contributed by atoms with Gasteiger partial charge >= 0.3 is 0 Å². The number of amides is 2. The molecule has 2 amide bonds. The summed E-state index contributed by atoms with van der Waals surface area (Å²) in [6.45, 7) is 4.24. The fourth-order valence-electron chi connectivity index (χ4n) is 4.64. The van der Waals surface area contributed by atoms with Gasteiger partial charge in [0.25, 0.3) is 21.8 Å². The Morgan fingerprint density at radius 2 is 1.92 bits per heavy atom. The van der Waals surface area contributed by atoms with Crippen molar-refractivity contribution in [2.24, 2.45) is 5.92 Å². The lowest BCUT2D eigenvalue weighted by Crippen LogP contribution is -2.56. The maximum absolute atomic E-state index is 14.2. The highest BCUT2D eigenvalue weighted by atomic mass is 32.2. The molecule has 2 atom stereocenters. The Balaban J connectivity index is 1.74. The number of thiophene rings is 1. The van der Waals surface area contributed by atoms with Crippen molar-refractivity contribution in [3.63, 3.8) is 0 Å².